The average molecular weight is 455 g/mol. The van der Waals surface area contributed by atoms with Crippen molar-refractivity contribution in [2.24, 2.45) is 0 Å². The highest BCUT2D eigenvalue weighted by Gasteiger charge is 2.30. The molecule has 33 heavy (non-hydrogen) atoms. The molecule has 0 aliphatic heterocycles. The van der Waals surface area contributed by atoms with E-state index in [1.807, 2.05) is 0 Å². The Morgan fingerprint density at radius 2 is 1.70 bits per heavy atom. The maximum absolute atomic E-state index is 13.4. The summed E-state index contributed by atoms with van der Waals surface area (Å²) in [7, 11) is 0. The van der Waals surface area contributed by atoms with Gasteiger partial charge in [0.1, 0.15) is 5.82 Å². The number of hydrogen-bond acceptors (Lipinski definition) is 3. The van der Waals surface area contributed by atoms with E-state index in [1.54, 1.807) is 30.5 Å². The molecule has 0 radical (unpaired) electrons. The summed E-state index contributed by atoms with van der Waals surface area (Å²) in [5.74, 6) is -1.47. The van der Waals surface area contributed by atoms with E-state index in [2.05, 4.69) is 10.4 Å². The van der Waals surface area contributed by atoms with Crippen molar-refractivity contribution in [2.45, 2.75) is 12.7 Å². The Morgan fingerprint density at radius 1 is 1.00 bits per heavy atom. The van der Waals surface area contributed by atoms with Crippen LogP contribution in [0.2, 0.25) is 0 Å². The molecule has 0 saturated carbocycles. The number of rotatable bonds is 6. The molecule has 0 fully saturated rings. The third-order valence-electron chi connectivity index (χ3n) is 4.96. The first-order chi connectivity index (χ1) is 15.7. The minimum Gasteiger partial charge on any atom is -0.478 e. The lowest BCUT2D eigenvalue weighted by Crippen LogP contribution is -2.06. The van der Waals surface area contributed by atoms with Crippen LogP contribution in [0.4, 0.5) is 23.2 Å². The van der Waals surface area contributed by atoms with Gasteiger partial charge in [-0.2, -0.15) is 18.3 Å². The monoisotopic (exact) mass is 455 g/mol. The Bertz CT molecular complexity index is 1280. The Morgan fingerprint density at radius 3 is 2.33 bits per heavy atom. The summed E-state index contributed by atoms with van der Waals surface area (Å²) in [5, 5.41) is 16.6. The van der Waals surface area contributed by atoms with Gasteiger partial charge in [0.15, 0.2) is 0 Å². The van der Waals surface area contributed by atoms with Crippen molar-refractivity contribution in [1.29, 1.82) is 0 Å². The molecule has 3 aromatic carbocycles. The Balaban J connectivity index is 1.67. The number of anilines is 1. The van der Waals surface area contributed by atoms with Crippen molar-refractivity contribution in [3.8, 4) is 16.9 Å². The van der Waals surface area contributed by atoms with Gasteiger partial charge in [-0.15, -0.1) is 0 Å². The quantitative estimate of drug-likeness (QED) is 0.350. The summed E-state index contributed by atoms with van der Waals surface area (Å²) < 4.78 is 54.0. The van der Waals surface area contributed by atoms with E-state index in [-0.39, 0.29) is 17.8 Å². The fraction of sp³-hybridized carbons (Fsp3) is 0.0833. The third-order valence-corrected chi connectivity index (χ3v) is 4.96. The normalized spacial score (nSPS) is 11.4. The van der Waals surface area contributed by atoms with Crippen molar-refractivity contribution in [1.82, 2.24) is 9.78 Å². The van der Waals surface area contributed by atoms with Crippen LogP contribution in [0.25, 0.3) is 16.9 Å². The highest BCUT2D eigenvalue weighted by atomic mass is 19.4. The van der Waals surface area contributed by atoms with Gasteiger partial charge in [-0.05, 0) is 66.7 Å². The number of aromatic nitrogens is 2. The summed E-state index contributed by atoms with van der Waals surface area (Å²) in [6.07, 6.45) is -2.76. The second kappa shape index (κ2) is 8.78. The van der Waals surface area contributed by atoms with Gasteiger partial charge in [0, 0.05) is 29.6 Å². The van der Waals surface area contributed by atoms with Crippen LogP contribution in [0.1, 0.15) is 21.5 Å². The first-order valence-electron chi connectivity index (χ1n) is 9.80. The minimum absolute atomic E-state index is 0.121. The van der Waals surface area contributed by atoms with Crippen molar-refractivity contribution in [3.63, 3.8) is 0 Å². The number of benzene rings is 3. The van der Waals surface area contributed by atoms with Gasteiger partial charge in [0.05, 0.1) is 22.5 Å². The molecule has 0 amide bonds. The zero-order valence-corrected chi connectivity index (χ0v) is 17.0. The molecule has 1 aromatic heterocycles. The predicted molar refractivity (Wildman–Crippen MR) is 115 cm³/mol. The molecule has 2 N–H and O–H groups in total. The number of alkyl halides is 3. The molecule has 0 aliphatic carbocycles. The maximum Gasteiger partial charge on any atom is 0.416 e. The molecule has 0 aliphatic rings. The number of nitrogens with one attached hydrogen (secondary N) is 1. The highest BCUT2D eigenvalue weighted by Crippen LogP contribution is 2.31. The first kappa shape index (κ1) is 22.1. The van der Waals surface area contributed by atoms with Gasteiger partial charge in [-0.25, -0.2) is 13.9 Å². The molecule has 0 saturated heterocycles. The summed E-state index contributed by atoms with van der Waals surface area (Å²) in [5.41, 5.74) is 2.02. The summed E-state index contributed by atoms with van der Waals surface area (Å²) in [6.45, 7) is 0.154. The smallest absolute Gasteiger partial charge is 0.416 e. The zero-order chi connectivity index (χ0) is 23.6. The second-order valence-electron chi connectivity index (χ2n) is 7.24. The third kappa shape index (κ3) is 5.03. The first-order valence-corrected chi connectivity index (χ1v) is 9.80. The molecule has 4 rings (SSSR count). The van der Waals surface area contributed by atoms with E-state index in [0.29, 0.717) is 22.5 Å². The van der Waals surface area contributed by atoms with Crippen LogP contribution >= 0.6 is 0 Å². The van der Waals surface area contributed by atoms with Crippen LogP contribution < -0.4 is 5.32 Å². The van der Waals surface area contributed by atoms with Gasteiger partial charge >= 0.3 is 12.1 Å². The van der Waals surface area contributed by atoms with Crippen molar-refractivity contribution in [3.05, 3.63) is 102 Å². The van der Waals surface area contributed by atoms with Gasteiger partial charge in [0.25, 0.3) is 0 Å². The molecule has 0 bridgehead atoms. The fourth-order valence-electron chi connectivity index (χ4n) is 3.28. The van der Waals surface area contributed by atoms with E-state index in [9.17, 15) is 22.4 Å². The van der Waals surface area contributed by atoms with Gasteiger partial charge in [-0.1, -0.05) is 6.07 Å². The minimum atomic E-state index is -4.45. The maximum atomic E-state index is 13.4. The molecule has 1 heterocycles. The fourth-order valence-corrected chi connectivity index (χ4v) is 3.28. The lowest BCUT2D eigenvalue weighted by molar-refractivity contribution is -0.137. The number of carbonyl (C=O) groups is 1. The van der Waals surface area contributed by atoms with Gasteiger partial charge in [-0.3, -0.25) is 0 Å². The molecule has 0 atom stereocenters. The molecule has 4 aromatic rings. The Labute approximate surface area is 185 Å². The SMILES string of the molecule is O=C(O)c1ccc(-n2cc(CNc3cccc(C(F)(F)F)c3)c(-c3ccc(F)cc3)n2)cc1. The zero-order valence-electron chi connectivity index (χ0n) is 17.0. The van der Waals surface area contributed by atoms with Crippen LogP contribution in [0.5, 0.6) is 0 Å². The van der Waals surface area contributed by atoms with Crippen LogP contribution in [0.15, 0.2) is 79.0 Å². The van der Waals surface area contributed by atoms with Gasteiger partial charge < -0.3 is 10.4 Å². The standard InChI is InChI=1S/C24H17F4N3O2/c25-19-8-4-15(5-9-19)22-17(13-29-20-3-1-2-18(12-20)24(26,27)28)14-31(30-22)21-10-6-16(7-11-21)23(32)33/h1-12,14,29H,13H2,(H,32,33). The number of aromatic carboxylic acids is 1. The van der Waals surface area contributed by atoms with Gasteiger partial charge in [0.2, 0.25) is 0 Å². The van der Waals surface area contributed by atoms with Crippen LogP contribution in [0.3, 0.4) is 0 Å². The van der Waals surface area contributed by atoms with Crippen molar-refractivity contribution in [2.75, 3.05) is 5.32 Å². The molecular weight excluding hydrogens is 438 g/mol. The average Bonchev–Trinajstić information content (AvgIpc) is 3.22. The van der Waals surface area contributed by atoms with Crippen molar-refractivity contribution >= 4 is 11.7 Å². The molecule has 168 valence electrons. The van der Waals surface area contributed by atoms with E-state index >= 15 is 0 Å². The lowest BCUT2D eigenvalue weighted by Gasteiger charge is -2.10. The molecule has 9 heteroatoms. The summed E-state index contributed by atoms with van der Waals surface area (Å²) >= 11 is 0. The number of carboxylic acids is 1. The Hall–Kier alpha value is -4.14. The highest BCUT2D eigenvalue weighted by molar-refractivity contribution is 5.87. The molecule has 0 spiro atoms. The molecule has 0 unspecified atom stereocenters. The number of halogens is 4. The van der Waals surface area contributed by atoms with Crippen LogP contribution in [0, 0.1) is 5.82 Å². The van der Waals surface area contributed by atoms with E-state index in [0.717, 1.165) is 12.1 Å². The summed E-state index contributed by atoms with van der Waals surface area (Å²) in [4.78, 5) is 11.1. The molecular formula is C24H17F4N3O2. The van der Waals surface area contributed by atoms with Crippen LogP contribution in [-0.4, -0.2) is 20.9 Å². The lowest BCUT2D eigenvalue weighted by atomic mass is 10.1. The second-order valence-corrected chi connectivity index (χ2v) is 7.24. The number of hydrogen-bond donors (Lipinski definition) is 2. The number of carboxylic acid groups (broad SMARTS) is 1. The number of nitrogens with zero attached hydrogens (tertiary/aromatic N) is 2. The van der Waals surface area contributed by atoms with E-state index in [4.69, 9.17) is 5.11 Å². The van der Waals surface area contributed by atoms with Crippen molar-refractivity contribution < 1.29 is 27.5 Å². The van der Waals surface area contributed by atoms with E-state index < -0.39 is 23.5 Å². The largest absolute Gasteiger partial charge is 0.478 e. The molecule has 5 nitrogen and oxygen atoms in total. The predicted octanol–water partition coefficient (Wildman–Crippen LogP) is 6.01. The Kier molecular flexibility index (Phi) is 5.87. The van der Waals surface area contributed by atoms with Crippen LogP contribution in [-0.2, 0) is 12.7 Å². The summed E-state index contributed by atoms with van der Waals surface area (Å²) in [6, 6.07) is 16.6. The topological polar surface area (TPSA) is 67.2 Å². The van der Waals surface area contributed by atoms with E-state index in [1.165, 1.54) is 41.1 Å².